The lowest BCUT2D eigenvalue weighted by molar-refractivity contribution is -0.115. The summed E-state index contributed by atoms with van der Waals surface area (Å²) in [5.41, 5.74) is 0.296. The maximum atomic E-state index is 13.7. The van der Waals surface area contributed by atoms with Gasteiger partial charge in [-0.2, -0.15) is 0 Å². The lowest BCUT2D eigenvalue weighted by atomic mass is 10.3. The molecule has 1 atom stereocenters. The number of hydrogen-bond donors (Lipinski definition) is 1. The van der Waals surface area contributed by atoms with Crippen molar-refractivity contribution in [1.29, 1.82) is 0 Å². The highest BCUT2D eigenvalue weighted by atomic mass is 32.2. The third kappa shape index (κ3) is 4.80. The minimum atomic E-state index is -3.63. The van der Waals surface area contributed by atoms with E-state index < -0.39 is 32.8 Å². The fourth-order valence-electron chi connectivity index (χ4n) is 2.00. The first-order valence-corrected chi connectivity index (χ1v) is 9.88. The number of nitrogens with zero attached hydrogens (tertiary/aromatic N) is 1. The molecule has 0 unspecified atom stereocenters. The molecule has 2 rings (SSSR count). The van der Waals surface area contributed by atoms with Crippen LogP contribution in [-0.4, -0.2) is 38.0 Å². The first-order chi connectivity index (χ1) is 12.1. The van der Waals surface area contributed by atoms with Crippen LogP contribution < -0.4 is 5.32 Å². The van der Waals surface area contributed by atoms with Gasteiger partial charge in [-0.15, -0.1) is 11.8 Å². The number of carbonyl (C=O) groups excluding carboxylic acids is 1. The molecule has 0 radical (unpaired) electrons. The number of anilines is 1. The summed E-state index contributed by atoms with van der Waals surface area (Å²) in [7, 11) is -0.810. The van der Waals surface area contributed by atoms with Crippen LogP contribution in [0.25, 0.3) is 0 Å². The van der Waals surface area contributed by atoms with E-state index >= 15 is 0 Å². The van der Waals surface area contributed by atoms with E-state index in [1.54, 1.807) is 13.0 Å². The van der Waals surface area contributed by atoms with Crippen molar-refractivity contribution >= 4 is 33.4 Å². The molecule has 1 amide bonds. The Morgan fingerprint density at radius 3 is 2.50 bits per heavy atom. The summed E-state index contributed by atoms with van der Waals surface area (Å²) >= 11 is 0.873. The van der Waals surface area contributed by atoms with E-state index in [0.29, 0.717) is 5.69 Å². The maximum Gasteiger partial charge on any atom is 0.242 e. The van der Waals surface area contributed by atoms with Gasteiger partial charge >= 0.3 is 0 Å². The first kappa shape index (κ1) is 20.3. The molecule has 140 valence electrons. The largest absolute Gasteiger partial charge is 0.325 e. The minimum absolute atomic E-state index is 0.0246. The number of halogens is 2. The highest BCUT2D eigenvalue weighted by molar-refractivity contribution is 8.00. The molecule has 2 aromatic carbocycles. The lowest BCUT2D eigenvalue weighted by Gasteiger charge is -2.15. The zero-order valence-corrected chi connectivity index (χ0v) is 16.0. The molecule has 0 saturated carbocycles. The second-order valence-electron chi connectivity index (χ2n) is 5.64. The standard InChI is InChI=1S/C17H18F2N2O3S2/c1-11(25-16-9-12(18)7-8-15(16)19)17(22)20-13-5-4-6-14(10-13)26(23,24)21(2)3/h4-11H,1-3H3,(H,20,22)/t11-/m1/s1. The van der Waals surface area contributed by atoms with Crippen molar-refractivity contribution in [1.82, 2.24) is 4.31 Å². The summed E-state index contributed by atoms with van der Waals surface area (Å²) in [5, 5.41) is 1.87. The molecule has 0 aliphatic rings. The van der Waals surface area contributed by atoms with Crippen molar-refractivity contribution in [3.63, 3.8) is 0 Å². The van der Waals surface area contributed by atoms with Crippen molar-refractivity contribution < 1.29 is 22.0 Å². The van der Waals surface area contributed by atoms with Crippen molar-refractivity contribution in [3.05, 3.63) is 54.1 Å². The van der Waals surface area contributed by atoms with Crippen LogP contribution in [0.1, 0.15) is 6.92 Å². The molecular formula is C17H18F2N2O3S2. The van der Waals surface area contributed by atoms with Gasteiger partial charge < -0.3 is 5.32 Å². The minimum Gasteiger partial charge on any atom is -0.325 e. The third-order valence-corrected chi connectivity index (χ3v) is 6.39. The molecule has 0 heterocycles. The van der Waals surface area contributed by atoms with Gasteiger partial charge in [-0.1, -0.05) is 6.07 Å². The third-order valence-electron chi connectivity index (χ3n) is 3.45. The normalized spacial score (nSPS) is 12.8. The van der Waals surface area contributed by atoms with Crippen LogP contribution in [0.5, 0.6) is 0 Å². The fraction of sp³-hybridized carbons (Fsp3) is 0.235. The number of thioether (sulfide) groups is 1. The number of carbonyl (C=O) groups is 1. The van der Waals surface area contributed by atoms with Crippen LogP contribution in [-0.2, 0) is 14.8 Å². The van der Waals surface area contributed by atoms with Crippen LogP contribution in [0.15, 0.2) is 52.3 Å². The van der Waals surface area contributed by atoms with Gasteiger partial charge in [0.25, 0.3) is 0 Å². The van der Waals surface area contributed by atoms with Gasteiger partial charge in [-0.25, -0.2) is 21.5 Å². The van der Waals surface area contributed by atoms with Gasteiger partial charge in [0.15, 0.2) is 0 Å². The van der Waals surface area contributed by atoms with Crippen LogP contribution in [0, 0.1) is 11.6 Å². The molecule has 0 aliphatic heterocycles. The molecule has 0 aromatic heterocycles. The Balaban J connectivity index is 2.13. The van der Waals surface area contributed by atoms with E-state index in [4.69, 9.17) is 0 Å². The molecule has 0 bridgehead atoms. The SMILES string of the molecule is C[C@@H](Sc1cc(F)ccc1F)C(=O)Nc1cccc(S(=O)(=O)N(C)C)c1. The van der Waals surface area contributed by atoms with Crippen molar-refractivity contribution in [2.75, 3.05) is 19.4 Å². The Hall–Kier alpha value is -1.97. The maximum absolute atomic E-state index is 13.7. The van der Waals surface area contributed by atoms with Crippen LogP contribution >= 0.6 is 11.8 Å². The Bertz CT molecular complexity index is 918. The predicted molar refractivity (Wildman–Crippen MR) is 97.6 cm³/mol. The number of sulfonamides is 1. The zero-order valence-electron chi connectivity index (χ0n) is 14.4. The molecule has 9 heteroatoms. The number of hydrogen-bond acceptors (Lipinski definition) is 4. The Labute approximate surface area is 155 Å². The summed E-state index contributed by atoms with van der Waals surface area (Å²) in [6.45, 7) is 1.55. The molecule has 2 aromatic rings. The molecule has 0 saturated heterocycles. The number of amides is 1. The molecule has 0 fully saturated rings. The highest BCUT2D eigenvalue weighted by Crippen LogP contribution is 2.28. The van der Waals surface area contributed by atoms with Gasteiger partial charge in [0.05, 0.1) is 10.1 Å². The van der Waals surface area contributed by atoms with Gasteiger partial charge in [0.2, 0.25) is 15.9 Å². The Morgan fingerprint density at radius 2 is 1.85 bits per heavy atom. The van der Waals surface area contributed by atoms with Crippen LogP contribution in [0.2, 0.25) is 0 Å². The van der Waals surface area contributed by atoms with E-state index in [2.05, 4.69) is 5.32 Å². The van der Waals surface area contributed by atoms with E-state index in [-0.39, 0.29) is 9.79 Å². The topological polar surface area (TPSA) is 66.5 Å². The van der Waals surface area contributed by atoms with E-state index in [1.807, 2.05) is 0 Å². The van der Waals surface area contributed by atoms with E-state index in [1.165, 1.54) is 32.3 Å². The van der Waals surface area contributed by atoms with Crippen molar-refractivity contribution in [2.45, 2.75) is 22.0 Å². The number of rotatable bonds is 6. The average molecular weight is 400 g/mol. The Morgan fingerprint density at radius 1 is 1.15 bits per heavy atom. The summed E-state index contributed by atoms with van der Waals surface area (Å²) in [6, 6.07) is 8.84. The van der Waals surface area contributed by atoms with Gasteiger partial charge in [0, 0.05) is 24.7 Å². The molecular weight excluding hydrogens is 382 g/mol. The number of benzene rings is 2. The van der Waals surface area contributed by atoms with Gasteiger partial charge in [0.1, 0.15) is 11.6 Å². The summed E-state index contributed by atoms with van der Waals surface area (Å²) in [6.07, 6.45) is 0. The second-order valence-corrected chi connectivity index (χ2v) is 9.17. The summed E-state index contributed by atoms with van der Waals surface area (Å²) in [5.74, 6) is -1.67. The molecule has 1 N–H and O–H groups in total. The van der Waals surface area contributed by atoms with E-state index in [0.717, 1.165) is 34.3 Å². The fourth-order valence-corrected chi connectivity index (χ4v) is 3.86. The zero-order chi connectivity index (χ0) is 19.5. The molecule has 0 spiro atoms. The van der Waals surface area contributed by atoms with Gasteiger partial charge in [-0.3, -0.25) is 4.79 Å². The lowest BCUT2D eigenvalue weighted by Crippen LogP contribution is -2.24. The van der Waals surface area contributed by atoms with Crippen LogP contribution in [0.3, 0.4) is 0 Å². The highest BCUT2D eigenvalue weighted by Gasteiger charge is 2.20. The summed E-state index contributed by atoms with van der Waals surface area (Å²) < 4.78 is 52.3. The molecule has 5 nitrogen and oxygen atoms in total. The van der Waals surface area contributed by atoms with Crippen LogP contribution in [0.4, 0.5) is 14.5 Å². The van der Waals surface area contributed by atoms with E-state index in [9.17, 15) is 22.0 Å². The average Bonchev–Trinajstić information content (AvgIpc) is 2.58. The molecule has 26 heavy (non-hydrogen) atoms. The quantitative estimate of drug-likeness (QED) is 0.756. The van der Waals surface area contributed by atoms with Crippen molar-refractivity contribution in [3.8, 4) is 0 Å². The summed E-state index contributed by atoms with van der Waals surface area (Å²) in [4.78, 5) is 12.4. The predicted octanol–water partition coefficient (Wildman–Crippen LogP) is 3.33. The Kier molecular flexibility index (Phi) is 6.38. The molecule has 0 aliphatic carbocycles. The van der Waals surface area contributed by atoms with Crippen molar-refractivity contribution in [2.24, 2.45) is 0 Å². The first-order valence-electron chi connectivity index (χ1n) is 7.56. The monoisotopic (exact) mass is 400 g/mol. The number of nitrogens with one attached hydrogen (secondary N) is 1. The van der Waals surface area contributed by atoms with Gasteiger partial charge in [-0.05, 0) is 43.3 Å². The second kappa shape index (κ2) is 8.15. The smallest absolute Gasteiger partial charge is 0.242 e.